The first-order valence-corrected chi connectivity index (χ1v) is 0. The van der Waals surface area contributed by atoms with Gasteiger partial charge in [0.1, 0.15) is 0 Å². The van der Waals surface area contributed by atoms with Crippen molar-refractivity contribution in [2.45, 2.75) is 0 Å². The summed E-state index contributed by atoms with van der Waals surface area (Å²) in [5.41, 5.74) is 0. The quantitative estimate of drug-likeness (QED) is 0.411. The summed E-state index contributed by atoms with van der Waals surface area (Å²) in [4.78, 5) is 0. The van der Waals surface area contributed by atoms with Gasteiger partial charge in [-0.3, -0.25) is 0 Å². The minimum absolute atomic E-state index is 0. The van der Waals surface area contributed by atoms with E-state index >= 15 is 0 Å². The Morgan fingerprint density at radius 2 is 0.500 bits per heavy atom. The van der Waals surface area contributed by atoms with Crippen molar-refractivity contribution in [2.75, 3.05) is 0 Å². The number of hydrogen-bond acceptors (Lipinski definition) is 0. The molecule has 0 atom stereocenters. The topological polar surface area (TPSA) is 0 Å². The van der Waals surface area contributed by atoms with Crippen LogP contribution in [0.15, 0.2) is 0 Å². The van der Waals surface area contributed by atoms with Gasteiger partial charge in [0.25, 0.3) is 0 Å². The van der Waals surface area contributed by atoms with Crippen LogP contribution in [0.25, 0.3) is 0 Å². The summed E-state index contributed by atoms with van der Waals surface area (Å²) in [5.74, 6) is 0. The van der Waals surface area contributed by atoms with Crippen LogP contribution >= 0.6 is 0 Å². The van der Waals surface area contributed by atoms with E-state index in [1.165, 1.54) is 0 Å². The summed E-state index contributed by atoms with van der Waals surface area (Å²) in [7, 11) is 0. The Morgan fingerprint density at radius 1 is 0.500 bits per heavy atom. The van der Waals surface area contributed by atoms with E-state index in [2.05, 4.69) is 0 Å². The molecule has 0 aliphatic carbocycles. The third-order valence-electron chi connectivity index (χ3n) is 0. The molecular weight excluding hydrogens is 273 g/mol. The van der Waals surface area contributed by atoms with Crippen molar-refractivity contribution < 1.29 is 85.2 Å². The molecule has 0 bridgehead atoms. The van der Waals surface area contributed by atoms with Gasteiger partial charge in [0.2, 0.25) is 0 Å². The van der Waals surface area contributed by atoms with Crippen LogP contribution in [0.2, 0.25) is 0 Å². The van der Waals surface area contributed by atoms with Crippen LogP contribution in [0.5, 0.6) is 0 Å². The van der Waals surface area contributed by atoms with E-state index in [-0.39, 0.29) is 85.2 Å². The molecule has 0 fully saturated rings. The fraction of sp³-hybridized carbons (Fsp3) is 0. The van der Waals surface area contributed by atoms with E-state index in [1.807, 2.05) is 0 Å². The molecule has 0 saturated carbocycles. The molecule has 0 aliphatic heterocycles. The SMILES string of the molecule is [Br-].[Cl-].[Cl-].[Cl-].[Cl-].[V]. The smallest absolute Gasteiger partial charge is 0 e. The van der Waals surface area contributed by atoms with Crippen molar-refractivity contribution in [1.82, 2.24) is 0 Å². The van der Waals surface area contributed by atoms with Crippen LogP contribution in [0.4, 0.5) is 0 Å². The number of hydrogen-bond donors (Lipinski definition) is 0. The maximum absolute atomic E-state index is 0. The van der Waals surface area contributed by atoms with E-state index in [1.54, 1.807) is 0 Å². The second-order valence-electron chi connectivity index (χ2n) is 0. The second kappa shape index (κ2) is 56.6. The molecule has 0 nitrogen and oxygen atoms in total. The van der Waals surface area contributed by atoms with Gasteiger partial charge in [-0.2, -0.15) is 0 Å². The molecule has 0 aromatic rings. The third-order valence-corrected chi connectivity index (χ3v) is 0. The molecule has 6 heavy (non-hydrogen) atoms. The average Bonchev–Trinajstić information content (AvgIpc) is 0. The van der Waals surface area contributed by atoms with E-state index in [0.717, 1.165) is 0 Å². The van der Waals surface area contributed by atoms with Crippen molar-refractivity contribution in [3.63, 3.8) is 0 Å². The van der Waals surface area contributed by atoms with Gasteiger partial charge in [-0.1, -0.05) is 0 Å². The summed E-state index contributed by atoms with van der Waals surface area (Å²) in [5, 5.41) is 0. The number of halogens is 5. The van der Waals surface area contributed by atoms with Crippen molar-refractivity contribution in [1.29, 1.82) is 0 Å². The molecule has 0 aliphatic rings. The van der Waals surface area contributed by atoms with Gasteiger partial charge in [0, 0.05) is 18.6 Å². The Hall–Kier alpha value is 2.22. The molecule has 0 spiro atoms. The predicted molar refractivity (Wildman–Crippen MR) is 0 cm³/mol. The molecule has 45 valence electrons. The normalized spacial score (nSPS) is 0. The Morgan fingerprint density at radius 3 is 0.500 bits per heavy atom. The fourth-order valence-electron chi connectivity index (χ4n) is 0. The summed E-state index contributed by atoms with van der Waals surface area (Å²) in [6.07, 6.45) is 0. The standard InChI is InChI=1S/BrH.4ClH.V/h5*1H;/p-5. The zero-order valence-corrected chi connectivity index (χ0v) is 8.34. The van der Waals surface area contributed by atoms with Gasteiger partial charge in [0.05, 0.1) is 0 Å². The molecule has 0 N–H and O–H groups in total. The molecule has 0 rings (SSSR count). The second-order valence-corrected chi connectivity index (χ2v) is 0. The third kappa shape index (κ3) is 34.3. The number of rotatable bonds is 0. The zero-order valence-electron chi connectivity index (χ0n) is 2.34. The summed E-state index contributed by atoms with van der Waals surface area (Å²) in [6.45, 7) is 0. The van der Waals surface area contributed by atoms with Crippen LogP contribution < -0.4 is 66.6 Å². The van der Waals surface area contributed by atoms with Gasteiger partial charge < -0.3 is 66.6 Å². The molecule has 0 aromatic carbocycles. The van der Waals surface area contributed by atoms with Crippen molar-refractivity contribution in [3.05, 3.63) is 0 Å². The summed E-state index contributed by atoms with van der Waals surface area (Å²) < 4.78 is 0. The minimum Gasteiger partial charge on any atom is -1.00 e. The summed E-state index contributed by atoms with van der Waals surface area (Å²) in [6, 6.07) is 0. The Balaban J connectivity index is 0. The van der Waals surface area contributed by atoms with Gasteiger partial charge in [-0.05, 0) is 0 Å². The van der Waals surface area contributed by atoms with Gasteiger partial charge >= 0.3 is 0 Å². The molecule has 0 unspecified atom stereocenters. The fourth-order valence-corrected chi connectivity index (χ4v) is 0. The molecule has 6 heteroatoms. The molecular formula is BrCl4V-5. The Labute approximate surface area is 84.5 Å². The van der Waals surface area contributed by atoms with Crippen molar-refractivity contribution in [2.24, 2.45) is 0 Å². The minimum atomic E-state index is 0. The Bertz CT molecular complexity index is 7.51. The van der Waals surface area contributed by atoms with Crippen LogP contribution in [0, 0.1) is 0 Å². The molecule has 0 saturated heterocycles. The van der Waals surface area contributed by atoms with E-state index in [9.17, 15) is 0 Å². The first kappa shape index (κ1) is 86.8. The maximum Gasteiger partial charge on any atom is 0 e. The van der Waals surface area contributed by atoms with Gasteiger partial charge in [-0.25, -0.2) is 0 Å². The van der Waals surface area contributed by atoms with Crippen molar-refractivity contribution in [3.8, 4) is 0 Å². The van der Waals surface area contributed by atoms with Crippen LogP contribution in [-0.4, -0.2) is 0 Å². The molecule has 1 radical (unpaired) electrons. The molecule has 0 aromatic heterocycles. The maximum atomic E-state index is 0. The van der Waals surface area contributed by atoms with Gasteiger partial charge in [0.15, 0.2) is 0 Å². The van der Waals surface area contributed by atoms with Crippen molar-refractivity contribution >= 4 is 0 Å². The van der Waals surface area contributed by atoms with E-state index in [0.29, 0.717) is 0 Å². The Kier molecular flexibility index (Phi) is 818. The first-order chi connectivity index (χ1) is 0. The first-order valence-electron chi connectivity index (χ1n) is 0. The monoisotopic (exact) mass is 270 g/mol. The van der Waals surface area contributed by atoms with E-state index < -0.39 is 0 Å². The predicted octanol–water partition coefficient (Wildman–Crippen LogP) is -15.0. The van der Waals surface area contributed by atoms with E-state index in [4.69, 9.17) is 0 Å². The van der Waals surface area contributed by atoms with Crippen LogP contribution in [0.1, 0.15) is 0 Å². The van der Waals surface area contributed by atoms with Crippen LogP contribution in [-0.2, 0) is 18.6 Å². The largest absolute Gasteiger partial charge is 1.00 e. The van der Waals surface area contributed by atoms with Gasteiger partial charge in [-0.15, -0.1) is 0 Å². The molecule has 0 heterocycles. The van der Waals surface area contributed by atoms with Crippen LogP contribution in [0.3, 0.4) is 0 Å². The average molecular weight is 273 g/mol. The zero-order chi connectivity index (χ0) is 0. The molecule has 0 amide bonds. The summed E-state index contributed by atoms with van der Waals surface area (Å²) >= 11 is 0.